The third kappa shape index (κ3) is 4.23. The SMILES string of the molecule is O=C([O-])Cc1cc2cc(OC(F)(F)F)ccc2[nH]1.[Li+]. The van der Waals surface area contributed by atoms with Gasteiger partial charge < -0.3 is 19.6 Å². The number of fused-ring (bicyclic) bond motifs is 1. The monoisotopic (exact) mass is 265 g/mol. The Bertz CT molecular complexity index is 594. The van der Waals surface area contributed by atoms with E-state index in [4.69, 9.17) is 0 Å². The third-order valence-electron chi connectivity index (χ3n) is 2.22. The van der Waals surface area contributed by atoms with Gasteiger partial charge in [0.25, 0.3) is 0 Å². The summed E-state index contributed by atoms with van der Waals surface area (Å²) in [6.45, 7) is 0. The maximum Gasteiger partial charge on any atom is 1.00 e. The molecule has 0 saturated carbocycles. The first-order chi connectivity index (χ1) is 8.33. The van der Waals surface area contributed by atoms with Crippen LogP contribution in [-0.2, 0) is 11.2 Å². The first-order valence-corrected chi connectivity index (χ1v) is 4.91. The van der Waals surface area contributed by atoms with Gasteiger partial charge in [0.05, 0.1) is 0 Å². The third-order valence-corrected chi connectivity index (χ3v) is 2.22. The molecule has 1 aromatic heterocycles. The van der Waals surface area contributed by atoms with Crippen LogP contribution < -0.4 is 28.7 Å². The number of halogens is 3. The van der Waals surface area contributed by atoms with Gasteiger partial charge in [-0.15, -0.1) is 13.2 Å². The van der Waals surface area contributed by atoms with Crippen LogP contribution in [0.3, 0.4) is 0 Å². The molecule has 1 N–H and O–H groups in total. The quantitative estimate of drug-likeness (QED) is 0.677. The fourth-order valence-electron chi connectivity index (χ4n) is 1.62. The van der Waals surface area contributed by atoms with Crippen LogP contribution in [0.15, 0.2) is 24.3 Å². The van der Waals surface area contributed by atoms with Gasteiger partial charge in [-0.3, -0.25) is 0 Å². The summed E-state index contributed by atoms with van der Waals surface area (Å²) in [5.41, 5.74) is 0.884. The molecule has 0 fully saturated rings. The molecule has 0 radical (unpaired) electrons. The number of aromatic nitrogens is 1. The number of carbonyl (C=O) groups excluding carboxylic acids is 1. The number of carboxylic acids is 1. The molecule has 0 amide bonds. The Hall–Kier alpha value is -1.58. The average Bonchev–Trinajstić information content (AvgIpc) is 2.55. The van der Waals surface area contributed by atoms with E-state index >= 15 is 0 Å². The van der Waals surface area contributed by atoms with Gasteiger partial charge in [0, 0.05) is 29.0 Å². The van der Waals surface area contributed by atoms with Crippen molar-refractivity contribution >= 4 is 16.9 Å². The summed E-state index contributed by atoms with van der Waals surface area (Å²) in [6, 6.07) is 5.15. The normalized spacial score (nSPS) is 11.1. The number of carboxylic acid groups (broad SMARTS) is 1. The van der Waals surface area contributed by atoms with Crippen LogP contribution >= 0.6 is 0 Å². The Morgan fingerprint density at radius 2 is 2.00 bits per heavy atom. The molecule has 0 spiro atoms. The predicted molar refractivity (Wildman–Crippen MR) is 53.7 cm³/mol. The van der Waals surface area contributed by atoms with Crippen molar-refractivity contribution in [3.8, 4) is 5.75 Å². The number of nitrogens with one attached hydrogen (secondary N) is 1. The second-order valence-electron chi connectivity index (χ2n) is 3.64. The Kier molecular flexibility index (Phi) is 4.55. The Morgan fingerprint density at radius 3 is 2.58 bits per heavy atom. The van der Waals surface area contributed by atoms with Gasteiger partial charge in [0.2, 0.25) is 0 Å². The molecule has 0 bridgehead atoms. The molecule has 2 rings (SSSR count). The number of alkyl halides is 3. The molecule has 0 saturated heterocycles. The fourth-order valence-corrected chi connectivity index (χ4v) is 1.62. The number of H-pyrrole nitrogens is 1. The molecule has 0 aliphatic rings. The van der Waals surface area contributed by atoms with Crippen LogP contribution in [0.5, 0.6) is 5.75 Å². The zero-order chi connectivity index (χ0) is 13.3. The van der Waals surface area contributed by atoms with Gasteiger partial charge in [-0.2, -0.15) is 0 Å². The summed E-state index contributed by atoms with van der Waals surface area (Å²) in [4.78, 5) is 13.2. The molecule has 96 valence electrons. The van der Waals surface area contributed by atoms with Gasteiger partial charge in [0.15, 0.2) is 0 Å². The number of ether oxygens (including phenoxy) is 1. The molecule has 2 aromatic rings. The Balaban J connectivity index is 0.00000180. The zero-order valence-corrected chi connectivity index (χ0v) is 9.88. The van der Waals surface area contributed by atoms with Gasteiger partial charge in [-0.25, -0.2) is 0 Å². The molecular formula is C11H7F3LiNO3. The van der Waals surface area contributed by atoms with Crippen LogP contribution in [0.2, 0.25) is 0 Å². The summed E-state index contributed by atoms with van der Waals surface area (Å²) in [5.74, 6) is -1.62. The molecule has 1 heterocycles. The summed E-state index contributed by atoms with van der Waals surface area (Å²) >= 11 is 0. The summed E-state index contributed by atoms with van der Waals surface area (Å²) in [7, 11) is 0. The minimum absolute atomic E-state index is 0. The molecular weight excluding hydrogens is 258 g/mol. The van der Waals surface area contributed by atoms with Crippen LogP contribution in [0.4, 0.5) is 13.2 Å². The second-order valence-corrected chi connectivity index (χ2v) is 3.64. The van der Waals surface area contributed by atoms with Crippen LogP contribution in [-0.4, -0.2) is 17.3 Å². The maximum absolute atomic E-state index is 12.0. The smallest absolute Gasteiger partial charge is 0.550 e. The van der Waals surface area contributed by atoms with E-state index in [1.807, 2.05) is 0 Å². The molecule has 19 heavy (non-hydrogen) atoms. The largest absolute Gasteiger partial charge is 1.00 e. The van der Waals surface area contributed by atoms with E-state index in [1.165, 1.54) is 18.2 Å². The van der Waals surface area contributed by atoms with Crippen molar-refractivity contribution in [2.24, 2.45) is 0 Å². The first kappa shape index (κ1) is 15.5. The molecule has 8 heteroatoms. The van der Waals surface area contributed by atoms with Crippen molar-refractivity contribution in [3.63, 3.8) is 0 Å². The van der Waals surface area contributed by atoms with Crippen LogP contribution in [0, 0.1) is 0 Å². The molecule has 0 atom stereocenters. The molecule has 0 aliphatic carbocycles. The number of aliphatic carboxylic acids is 1. The van der Waals surface area contributed by atoms with E-state index in [0.29, 0.717) is 16.6 Å². The maximum atomic E-state index is 12.0. The standard InChI is InChI=1S/C11H8F3NO3.Li/c12-11(13,14)18-8-1-2-9-6(4-8)3-7(15-9)5-10(16)17;/h1-4,15H,5H2,(H,16,17);/q;+1/p-1. The number of aromatic amines is 1. The van der Waals surface area contributed by atoms with Crippen molar-refractivity contribution in [2.45, 2.75) is 12.8 Å². The van der Waals surface area contributed by atoms with Crippen LogP contribution in [0.1, 0.15) is 5.69 Å². The fraction of sp³-hybridized carbons (Fsp3) is 0.182. The molecule has 0 unspecified atom stereocenters. The number of rotatable bonds is 3. The first-order valence-electron chi connectivity index (χ1n) is 4.91. The van der Waals surface area contributed by atoms with Crippen molar-refractivity contribution in [3.05, 3.63) is 30.0 Å². The van der Waals surface area contributed by atoms with E-state index in [2.05, 4.69) is 9.72 Å². The second kappa shape index (κ2) is 5.59. The van der Waals surface area contributed by atoms with Crippen LogP contribution in [0.25, 0.3) is 10.9 Å². The van der Waals surface area contributed by atoms with Gasteiger partial charge in [-0.05, 0) is 24.3 Å². The summed E-state index contributed by atoms with van der Waals surface area (Å²) in [5, 5.41) is 10.8. The zero-order valence-electron chi connectivity index (χ0n) is 9.88. The van der Waals surface area contributed by atoms with E-state index in [0.717, 1.165) is 6.07 Å². The summed E-state index contributed by atoms with van der Waals surface area (Å²) in [6.07, 6.45) is -5.08. The van der Waals surface area contributed by atoms with E-state index < -0.39 is 12.3 Å². The van der Waals surface area contributed by atoms with E-state index in [-0.39, 0.29) is 31.0 Å². The van der Waals surface area contributed by atoms with E-state index in [9.17, 15) is 23.1 Å². The van der Waals surface area contributed by atoms with Gasteiger partial charge in [0.1, 0.15) is 5.75 Å². The number of hydrogen-bond acceptors (Lipinski definition) is 3. The van der Waals surface area contributed by atoms with Crippen molar-refractivity contribution in [2.75, 3.05) is 0 Å². The Labute approximate surface area is 117 Å². The number of benzene rings is 1. The predicted octanol–water partition coefficient (Wildman–Crippen LogP) is -1.64. The minimum Gasteiger partial charge on any atom is -0.550 e. The molecule has 4 nitrogen and oxygen atoms in total. The van der Waals surface area contributed by atoms with E-state index in [1.54, 1.807) is 0 Å². The number of hydrogen-bond donors (Lipinski definition) is 1. The summed E-state index contributed by atoms with van der Waals surface area (Å²) < 4.78 is 39.8. The van der Waals surface area contributed by atoms with Gasteiger partial charge >= 0.3 is 25.2 Å². The van der Waals surface area contributed by atoms with Gasteiger partial charge in [-0.1, -0.05) is 0 Å². The van der Waals surface area contributed by atoms with Crippen molar-refractivity contribution in [1.82, 2.24) is 4.98 Å². The van der Waals surface area contributed by atoms with Crippen molar-refractivity contribution < 1.29 is 46.7 Å². The molecule has 1 aromatic carbocycles. The van der Waals surface area contributed by atoms with Crippen molar-refractivity contribution in [1.29, 1.82) is 0 Å². The number of carbonyl (C=O) groups is 1. The molecule has 0 aliphatic heterocycles. The minimum atomic E-state index is -4.75. The average molecular weight is 265 g/mol. The topological polar surface area (TPSA) is 65.2 Å². The Morgan fingerprint density at radius 1 is 1.32 bits per heavy atom.